The summed E-state index contributed by atoms with van der Waals surface area (Å²) in [5, 5.41) is 0. The SMILES string of the molecule is CSc1ccc(F)c(C(=O)C(F)(F)F)c1. The average Bonchev–Trinajstić information content (AvgIpc) is 2.16. The van der Waals surface area contributed by atoms with Gasteiger partial charge in [-0.25, -0.2) is 4.39 Å². The first-order chi connectivity index (χ1) is 6.86. The van der Waals surface area contributed by atoms with E-state index >= 15 is 0 Å². The van der Waals surface area contributed by atoms with Gasteiger partial charge < -0.3 is 0 Å². The first-order valence-electron chi connectivity index (χ1n) is 3.81. The Morgan fingerprint density at radius 3 is 2.40 bits per heavy atom. The van der Waals surface area contributed by atoms with Gasteiger partial charge in [0.2, 0.25) is 0 Å². The van der Waals surface area contributed by atoms with Crippen molar-refractivity contribution < 1.29 is 22.4 Å². The van der Waals surface area contributed by atoms with Crippen molar-refractivity contribution in [2.24, 2.45) is 0 Å². The molecule has 0 amide bonds. The summed E-state index contributed by atoms with van der Waals surface area (Å²) in [5.41, 5.74) is -0.936. The van der Waals surface area contributed by atoms with E-state index in [0.717, 1.165) is 23.9 Å². The highest BCUT2D eigenvalue weighted by atomic mass is 32.2. The quantitative estimate of drug-likeness (QED) is 0.446. The first kappa shape index (κ1) is 12.0. The summed E-state index contributed by atoms with van der Waals surface area (Å²) in [6, 6.07) is 3.06. The van der Waals surface area contributed by atoms with Gasteiger partial charge in [0, 0.05) is 4.90 Å². The number of rotatable bonds is 2. The van der Waals surface area contributed by atoms with Crippen molar-refractivity contribution in [2.45, 2.75) is 11.1 Å². The summed E-state index contributed by atoms with van der Waals surface area (Å²) < 4.78 is 49.0. The van der Waals surface area contributed by atoms with E-state index in [9.17, 15) is 22.4 Å². The molecule has 0 radical (unpaired) electrons. The predicted octanol–water partition coefficient (Wildman–Crippen LogP) is 3.29. The predicted molar refractivity (Wildman–Crippen MR) is 48.6 cm³/mol. The average molecular weight is 238 g/mol. The Morgan fingerprint density at radius 2 is 1.93 bits per heavy atom. The molecule has 0 bridgehead atoms. The second kappa shape index (κ2) is 4.22. The fraction of sp³-hybridized carbons (Fsp3) is 0.222. The molecule has 6 heteroatoms. The lowest BCUT2D eigenvalue weighted by Crippen LogP contribution is -2.23. The number of thioether (sulfide) groups is 1. The number of alkyl halides is 3. The van der Waals surface area contributed by atoms with Crippen molar-refractivity contribution >= 4 is 17.5 Å². The van der Waals surface area contributed by atoms with Crippen LogP contribution in [0.2, 0.25) is 0 Å². The van der Waals surface area contributed by atoms with Gasteiger partial charge in [-0.1, -0.05) is 0 Å². The fourth-order valence-corrected chi connectivity index (χ4v) is 1.40. The van der Waals surface area contributed by atoms with Gasteiger partial charge in [-0.15, -0.1) is 11.8 Å². The van der Waals surface area contributed by atoms with Crippen LogP contribution in [0.25, 0.3) is 0 Å². The van der Waals surface area contributed by atoms with Gasteiger partial charge in [0.1, 0.15) is 5.82 Å². The van der Waals surface area contributed by atoms with Gasteiger partial charge in [0.15, 0.2) is 0 Å². The molecule has 0 saturated heterocycles. The monoisotopic (exact) mass is 238 g/mol. The maximum Gasteiger partial charge on any atom is 0.454 e. The molecule has 1 rings (SSSR count). The van der Waals surface area contributed by atoms with Crippen molar-refractivity contribution in [3.05, 3.63) is 29.6 Å². The summed E-state index contributed by atoms with van der Waals surface area (Å²) in [5.74, 6) is -3.31. The molecule has 0 heterocycles. The molecule has 0 aliphatic carbocycles. The lowest BCUT2D eigenvalue weighted by Gasteiger charge is -2.07. The van der Waals surface area contributed by atoms with Crippen LogP contribution in [0.4, 0.5) is 17.6 Å². The Morgan fingerprint density at radius 1 is 1.33 bits per heavy atom. The van der Waals surface area contributed by atoms with Crippen LogP contribution in [0.3, 0.4) is 0 Å². The molecule has 1 nitrogen and oxygen atoms in total. The molecule has 0 N–H and O–H groups in total. The van der Waals surface area contributed by atoms with Crippen LogP contribution in [0.5, 0.6) is 0 Å². The number of benzene rings is 1. The smallest absolute Gasteiger partial charge is 0.284 e. The number of hydrogen-bond acceptors (Lipinski definition) is 2. The number of Topliss-reactive ketones (excluding diaryl/α,β-unsaturated/α-hetero) is 1. The normalized spacial score (nSPS) is 11.5. The Hall–Kier alpha value is -1.04. The first-order valence-corrected chi connectivity index (χ1v) is 5.04. The molecule has 0 aromatic heterocycles. The molecule has 0 aliphatic rings. The van der Waals surface area contributed by atoms with Crippen LogP contribution in [0.15, 0.2) is 23.1 Å². The van der Waals surface area contributed by atoms with E-state index in [-0.39, 0.29) is 0 Å². The second-order valence-electron chi connectivity index (χ2n) is 2.67. The van der Waals surface area contributed by atoms with E-state index in [0.29, 0.717) is 4.90 Å². The van der Waals surface area contributed by atoms with Crippen molar-refractivity contribution in [1.29, 1.82) is 0 Å². The summed E-state index contributed by atoms with van der Waals surface area (Å²) in [6.07, 6.45) is -3.42. The van der Waals surface area contributed by atoms with Gasteiger partial charge >= 0.3 is 6.18 Å². The van der Waals surface area contributed by atoms with Crippen LogP contribution < -0.4 is 0 Å². The lowest BCUT2D eigenvalue weighted by molar-refractivity contribution is -0.0887. The van der Waals surface area contributed by atoms with Crippen LogP contribution in [0, 0.1) is 5.82 Å². The second-order valence-corrected chi connectivity index (χ2v) is 3.55. The molecule has 0 unspecified atom stereocenters. The standard InChI is InChI=1S/C9H6F4OS/c1-15-5-2-3-7(10)6(4-5)8(14)9(11,12)13/h2-4H,1H3. The minimum absolute atomic E-state index is 0.406. The highest BCUT2D eigenvalue weighted by molar-refractivity contribution is 7.98. The highest BCUT2D eigenvalue weighted by Crippen LogP contribution is 2.26. The van der Waals surface area contributed by atoms with Gasteiger partial charge in [0.25, 0.3) is 5.78 Å². The summed E-state index contributed by atoms with van der Waals surface area (Å²) >= 11 is 1.13. The molecule has 0 fully saturated rings. The van der Waals surface area contributed by atoms with Crippen molar-refractivity contribution in [2.75, 3.05) is 6.26 Å². The Labute approximate surface area is 87.5 Å². The molecule has 1 aromatic carbocycles. The molecular weight excluding hydrogens is 232 g/mol. The number of hydrogen-bond donors (Lipinski definition) is 0. The number of ketones is 1. The van der Waals surface area contributed by atoms with Crippen molar-refractivity contribution in [1.82, 2.24) is 0 Å². The van der Waals surface area contributed by atoms with E-state index in [2.05, 4.69) is 0 Å². The zero-order valence-electron chi connectivity index (χ0n) is 7.56. The fourth-order valence-electron chi connectivity index (χ4n) is 0.958. The van der Waals surface area contributed by atoms with E-state index in [1.54, 1.807) is 6.26 Å². The number of halogens is 4. The van der Waals surface area contributed by atoms with E-state index in [1.165, 1.54) is 6.07 Å². The van der Waals surface area contributed by atoms with E-state index in [1.807, 2.05) is 0 Å². The molecular formula is C9H6F4OS. The van der Waals surface area contributed by atoms with E-state index in [4.69, 9.17) is 0 Å². The van der Waals surface area contributed by atoms with Gasteiger partial charge in [-0.05, 0) is 24.5 Å². The molecule has 0 spiro atoms. The molecule has 82 valence electrons. The summed E-state index contributed by atoms with van der Waals surface area (Å²) in [7, 11) is 0. The zero-order valence-corrected chi connectivity index (χ0v) is 8.38. The van der Waals surface area contributed by atoms with E-state index < -0.39 is 23.3 Å². The third-order valence-electron chi connectivity index (χ3n) is 1.68. The van der Waals surface area contributed by atoms with Crippen molar-refractivity contribution in [3.8, 4) is 0 Å². The highest BCUT2D eigenvalue weighted by Gasteiger charge is 2.40. The van der Waals surface area contributed by atoms with Crippen molar-refractivity contribution in [3.63, 3.8) is 0 Å². The molecule has 0 atom stereocenters. The van der Waals surface area contributed by atoms with Gasteiger partial charge in [0.05, 0.1) is 5.56 Å². The minimum atomic E-state index is -5.04. The Kier molecular flexibility index (Phi) is 3.38. The number of carbonyl (C=O) groups excluding carboxylic acids is 1. The summed E-state index contributed by atoms with van der Waals surface area (Å²) in [6.45, 7) is 0. The van der Waals surface area contributed by atoms with Crippen LogP contribution in [-0.4, -0.2) is 18.2 Å². The third kappa shape index (κ3) is 2.71. The maximum absolute atomic E-state index is 13.0. The Balaban J connectivity index is 3.19. The van der Waals surface area contributed by atoms with Gasteiger partial charge in [-0.3, -0.25) is 4.79 Å². The largest absolute Gasteiger partial charge is 0.454 e. The Bertz CT molecular complexity index is 386. The maximum atomic E-state index is 13.0. The molecule has 0 saturated carbocycles. The zero-order chi connectivity index (χ0) is 11.6. The topological polar surface area (TPSA) is 17.1 Å². The van der Waals surface area contributed by atoms with Crippen LogP contribution >= 0.6 is 11.8 Å². The molecule has 1 aromatic rings. The molecule has 15 heavy (non-hydrogen) atoms. The van der Waals surface area contributed by atoms with Gasteiger partial charge in [-0.2, -0.15) is 13.2 Å². The molecule has 0 aliphatic heterocycles. The lowest BCUT2D eigenvalue weighted by atomic mass is 10.1. The number of carbonyl (C=O) groups is 1. The third-order valence-corrected chi connectivity index (χ3v) is 2.40. The van der Waals surface area contributed by atoms with Crippen LogP contribution in [-0.2, 0) is 0 Å². The summed E-state index contributed by atoms with van der Waals surface area (Å²) in [4.78, 5) is 11.2. The minimum Gasteiger partial charge on any atom is -0.284 e. The van der Waals surface area contributed by atoms with Crippen LogP contribution in [0.1, 0.15) is 10.4 Å².